The third kappa shape index (κ3) is 2.38. The Morgan fingerprint density at radius 1 is 1.19 bits per heavy atom. The summed E-state index contributed by atoms with van der Waals surface area (Å²) in [6.45, 7) is 4.32. The number of fused-ring (bicyclic) bond motifs is 2. The van der Waals surface area contributed by atoms with E-state index in [1.165, 1.54) is 29.7 Å². The van der Waals surface area contributed by atoms with Crippen molar-refractivity contribution in [2.24, 2.45) is 0 Å². The van der Waals surface area contributed by atoms with Gasteiger partial charge in [-0.1, -0.05) is 6.07 Å². The number of carbonyl (C=O) groups is 1. The molecule has 0 aliphatic carbocycles. The lowest BCUT2D eigenvalue weighted by molar-refractivity contribution is -0.116. The van der Waals surface area contributed by atoms with Crippen LogP contribution < -0.4 is 10.2 Å². The molecule has 2 aliphatic heterocycles. The molecular weight excluding hydrogens is 324 g/mol. The fourth-order valence-electron chi connectivity index (χ4n) is 4.39. The first-order valence-corrected chi connectivity index (χ1v) is 9.32. The van der Waals surface area contributed by atoms with E-state index in [9.17, 15) is 4.79 Å². The fourth-order valence-corrected chi connectivity index (χ4v) is 4.39. The third-order valence-corrected chi connectivity index (χ3v) is 5.76. The van der Waals surface area contributed by atoms with E-state index in [0.717, 1.165) is 35.4 Å². The van der Waals surface area contributed by atoms with Crippen molar-refractivity contribution in [2.75, 3.05) is 23.3 Å². The van der Waals surface area contributed by atoms with Gasteiger partial charge in [0.1, 0.15) is 0 Å². The van der Waals surface area contributed by atoms with Crippen molar-refractivity contribution in [3.8, 4) is 0 Å². The Labute approximate surface area is 152 Å². The number of pyridine rings is 1. The van der Waals surface area contributed by atoms with Gasteiger partial charge < -0.3 is 15.2 Å². The average molecular weight is 346 g/mol. The zero-order valence-electron chi connectivity index (χ0n) is 14.9. The number of H-pyrrole nitrogens is 1. The van der Waals surface area contributed by atoms with E-state index in [1.807, 2.05) is 18.5 Å². The molecule has 2 aliphatic rings. The molecule has 1 fully saturated rings. The lowest BCUT2D eigenvalue weighted by Gasteiger charge is -2.30. The Bertz CT molecular complexity index is 1000. The maximum Gasteiger partial charge on any atom is 0.225 e. The fraction of sp³-hybridized carbons (Fsp3) is 0.333. The topological polar surface area (TPSA) is 61.0 Å². The van der Waals surface area contributed by atoms with Crippen LogP contribution in [-0.2, 0) is 4.79 Å². The van der Waals surface area contributed by atoms with Crippen LogP contribution >= 0.6 is 0 Å². The SMILES string of the molecule is Cc1c(N2CCCC2)ccc2c1NC(=O)CC2c1cc2cc[nH]c2cn1. The number of hydrogen-bond donors (Lipinski definition) is 2. The van der Waals surface area contributed by atoms with Gasteiger partial charge in [0, 0.05) is 54.1 Å². The number of nitrogens with one attached hydrogen (secondary N) is 2. The molecule has 3 aromatic rings. The molecule has 1 amide bonds. The summed E-state index contributed by atoms with van der Waals surface area (Å²) in [5, 5.41) is 4.26. The Hall–Kier alpha value is -2.82. The number of anilines is 2. The molecule has 2 aromatic heterocycles. The lowest BCUT2D eigenvalue weighted by Crippen LogP contribution is -2.26. The molecule has 26 heavy (non-hydrogen) atoms. The van der Waals surface area contributed by atoms with E-state index < -0.39 is 0 Å². The van der Waals surface area contributed by atoms with Gasteiger partial charge in [-0.05, 0) is 49.1 Å². The summed E-state index contributed by atoms with van der Waals surface area (Å²) in [6.07, 6.45) is 6.71. The van der Waals surface area contributed by atoms with Crippen LogP contribution in [0.2, 0.25) is 0 Å². The van der Waals surface area contributed by atoms with Crippen molar-refractivity contribution in [1.29, 1.82) is 0 Å². The summed E-state index contributed by atoms with van der Waals surface area (Å²) in [5.74, 6) is 0.0736. The summed E-state index contributed by atoms with van der Waals surface area (Å²) in [6, 6.07) is 8.55. The Morgan fingerprint density at radius 2 is 2.04 bits per heavy atom. The molecule has 1 atom stereocenters. The van der Waals surface area contributed by atoms with Gasteiger partial charge in [-0.3, -0.25) is 9.78 Å². The van der Waals surface area contributed by atoms with E-state index >= 15 is 0 Å². The smallest absolute Gasteiger partial charge is 0.225 e. The van der Waals surface area contributed by atoms with Crippen LogP contribution in [0.4, 0.5) is 11.4 Å². The van der Waals surface area contributed by atoms with Crippen molar-refractivity contribution in [3.63, 3.8) is 0 Å². The monoisotopic (exact) mass is 346 g/mol. The maximum atomic E-state index is 12.4. The number of aromatic nitrogens is 2. The van der Waals surface area contributed by atoms with Crippen LogP contribution in [0.1, 0.15) is 42.0 Å². The summed E-state index contributed by atoms with van der Waals surface area (Å²) < 4.78 is 0. The van der Waals surface area contributed by atoms with Crippen molar-refractivity contribution in [2.45, 2.75) is 32.1 Å². The second-order valence-electron chi connectivity index (χ2n) is 7.35. The van der Waals surface area contributed by atoms with Gasteiger partial charge in [0.15, 0.2) is 0 Å². The van der Waals surface area contributed by atoms with Gasteiger partial charge in [0.05, 0.1) is 11.7 Å². The van der Waals surface area contributed by atoms with Crippen LogP contribution in [0.3, 0.4) is 0 Å². The first kappa shape index (κ1) is 15.4. The molecule has 5 nitrogen and oxygen atoms in total. The number of nitrogens with zero attached hydrogens (tertiary/aromatic N) is 2. The predicted molar refractivity (Wildman–Crippen MR) is 104 cm³/mol. The Kier molecular flexibility index (Phi) is 3.48. The van der Waals surface area contributed by atoms with E-state index in [4.69, 9.17) is 0 Å². The summed E-state index contributed by atoms with van der Waals surface area (Å²) >= 11 is 0. The largest absolute Gasteiger partial charge is 0.371 e. The molecule has 5 heteroatoms. The summed E-state index contributed by atoms with van der Waals surface area (Å²) in [4.78, 5) is 22.7. The Balaban J connectivity index is 1.61. The van der Waals surface area contributed by atoms with Crippen LogP contribution in [0.5, 0.6) is 0 Å². The first-order chi connectivity index (χ1) is 12.7. The number of carbonyl (C=O) groups excluding carboxylic acids is 1. The number of rotatable bonds is 2. The molecular formula is C21H22N4O. The molecule has 0 radical (unpaired) electrons. The maximum absolute atomic E-state index is 12.4. The van der Waals surface area contributed by atoms with Crippen molar-refractivity contribution in [3.05, 3.63) is 53.5 Å². The minimum atomic E-state index is 0.00405. The first-order valence-electron chi connectivity index (χ1n) is 9.32. The number of aromatic amines is 1. The standard InChI is InChI=1S/C21H22N4O/c1-13-19(25-8-2-3-9-25)5-4-15-16(11-20(26)24-21(13)15)17-10-14-6-7-22-18(14)12-23-17/h4-7,10,12,16,22H,2-3,8-9,11H2,1H3,(H,24,26). The molecule has 0 spiro atoms. The van der Waals surface area contributed by atoms with Gasteiger partial charge in [-0.2, -0.15) is 0 Å². The molecule has 1 saturated heterocycles. The molecule has 4 heterocycles. The molecule has 5 rings (SSSR count). The minimum absolute atomic E-state index is 0.00405. The van der Waals surface area contributed by atoms with Crippen LogP contribution in [0.15, 0.2) is 36.7 Å². The molecule has 1 aromatic carbocycles. The highest BCUT2D eigenvalue weighted by Gasteiger charge is 2.30. The zero-order valence-corrected chi connectivity index (χ0v) is 14.9. The molecule has 1 unspecified atom stereocenters. The predicted octanol–water partition coefficient (Wildman–Crippen LogP) is 3.95. The normalized spacial score (nSPS) is 19.7. The third-order valence-electron chi connectivity index (χ3n) is 5.76. The quantitative estimate of drug-likeness (QED) is 0.739. The summed E-state index contributed by atoms with van der Waals surface area (Å²) in [5.41, 5.74) is 6.55. The summed E-state index contributed by atoms with van der Waals surface area (Å²) in [7, 11) is 0. The highest BCUT2D eigenvalue weighted by molar-refractivity contribution is 5.97. The molecule has 0 saturated carbocycles. The molecule has 2 N–H and O–H groups in total. The number of amides is 1. The van der Waals surface area contributed by atoms with Crippen LogP contribution in [0.25, 0.3) is 10.9 Å². The van der Waals surface area contributed by atoms with Gasteiger partial charge in [0.2, 0.25) is 5.91 Å². The lowest BCUT2D eigenvalue weighted by atomic mass is 9.85. The van der Waals surface area contributed by atoms with Gasteiger partial charge in [-0.15, -0.1) is 0 Å². The van der Waals surface area contributed by atoms with Crippen molar-refractivity contribution >= 4 is 28.2 Å². The minimum Gasteiger partial charge on any atom is -0.371 e. The zero-order chi connectivity index (χ0) is 17.7. The van der Waals surface area contributed by atoms with Crippen LogP contribution in [-0.4, -0.2) is 29.0 Å². The van der Waals surface area contributed by atoms with Crippen molar-refractivity contribution < 1.29 is 4.79 Å². The van der Waals surface area contributed by atoms with Gasteiger partial charge >= 0.3 is 0 Å². The van der Waals surface area contributed by atoms with Gasteiger partial charge in [0.25, 0.3) is 0 Å². The van der Waals surface area contributed by atoms with Crippen LogP contribution in [0, 0.1) is 6.92 Å². The van der Waals surface area contributed by atoms with E-state index in [1.54, 1.807) is 0 Å². The highest BCUT2D eigenvalue weighted by Crippen LogP contribution is 2.42. The van der Waals surface area contributed by atoms with Gasteiger partial charge in [-0.25, -0.2) is 0 Å². The number of hydrogen-bond acceptors (Lipinski definition) is 3. The second-order valence-corrected chi connectivity index (χ2v) is 7.35. The van der Waals surface area contributed by atoms with E-state index in [2.05, 4.69) is 45.3 Å². The van der Waals surface area contributed by atoms with Crippen molar-refractivity contribution in [1.82, 2.24) is 9.97 Å². The Morgan fingerprint density at radius 3 is 2.88 bits per heavy atom. The second kappa shape index (κ2) is 5.87. The van der Waals surface area contributed by atoms with E-state index in [-0.39, 0.29) is 11.8 Å². The average Bonchev–Trinajstić information content (AvgIpc) is 3.33. The number of benzene rings is 1. The molecule has 0 bridgehead atoms. The molecule has 132 valence electrons. The highest BCUT2D eigenvalue weighted by atomic mass is 16.1. The van der Waals surface area contributed by atoms with E-state index in [0.29, 0.717) is 6.42 Å².